The van der Waals surface area contributed by atoms with Crippen LogP contribution in [0.15, 0.2) is 28.7 Å². The Morgan fingerprint density at radius 1 is 1.37 bits per heavy atom. The molecule has 1 unspecified atom stereocenters. The van der Waals surface area contributed by atoms with Crippen molar-refractivity contribution in [2.24, 2.45) is 0 Å². The summed E-state index contributed by atoms with van der Waals surface area (Å²) >= 11 is 3.38. The van der Waals surface area contributed by atoms with Crippen LogP contribution in [0.1, 0.15) is 17.3 Å². The summed E-state index contributed by atoms with van der Waals surface area (Å²) in [6.07, 6.45) is 0. The molecule has 0 saturated carbocycles. The molecule has 0 aliphatic carbocycles. The van der Waals surface area contributed by atoms with Crippen LogP contribution in [0.3, 0.4) is 0 Å². The Bertz CT molecular complexity index is 411. The lowest BCUT2D eigenvalue weighted by Crippen LogP contribution is -2.43. The number of amides is 1. The molecule has 1 amide bonds. The maximum Gasteiger partial charge on any atom is 0.254 e. The van der Waals surface area contributed by atoms with Gasteiger partial charge < -0.3 is 14.4 Å². The van der Waals surface area contributed by atoms with E-state index in [0.717, 1.165) is 4.47 Å². The van der Waals surface area contributed by atoms with E-state index in [1.54, 1.807) is 19.1 Å². The van der Waals surface area contributed by atoms with Crippen molar-refractivity contribution in [2.45, 2.75) is 13.0 Å². The van der Waals surface area contributed by atoms with E-state index in [9.17, 15) is 4.79 Å². The zero-order valence-corrected chi connectivity index (χ0v) is 13.1. The minimum absolute atomic E-state index is 0.00614. The van der Waals surface area contributed by atoms with Crippen LogP contribution in [0.4, 0.5) is 0 Å². The molecule has 0 spiro atoms. The minimum Gasteiger partial charge on any atom is -0.383 e. The average molecular weight is 330 g/mol. The van der Waals surface area contributed by atoms with E-state index in [0.29, 0.717) is 25.3 Å². The molecule has 0 aliphatic heterocycles. The normalized spacial score (nSPS) is 12.2. The van der Waals surface area contributed by atoms with Crippen LogP contribution in [0.5, 0.6) is 0 Å². The Balaban J connectivity index is 2.86. The van der Waals surface area contributed by atoms with Crippen molar-refractivity contribution in [3.63, 3.8) is 0 Å². The van der Waals surface area contributed by atoms with Crippen molar-refractivity contribution < 1.29 is 14.3 Å². The Morgan fingerprint density at radius 3 is 2.68 bits per heavy atom. The van der Waals surface area contributed by atoms with Gasteiger partial charge in [-0.3, -0.25) is 4.79 Å². The largest absolute Gasteiger partial charge is 0.383 e. The van der Waals surface area contributed by atoms with E-state index >= 15 is 0 Å². The van der Waals surface area contributed by atoms with E-state index in [4.69, 9.17) is 9.47 Å². The van der Waals surface area contributed by atoms with Gasteiger partial charge in [0.05, 0.1) is 19.3 Å². The fraction of sp³-hybridized carbons (Fsp3) is 0.500. The summed E-state index contributed by atoms with van der Waals surface area (Å²) in [6, 6.07) is 7.39. The van der Waals surface area contributed by atoms with Crippen LogP contribution in [-0.4, -0.2) is 50.8 Å². The van der Waals surface area contributed by atoms with Gasteiger partial charge in [0.15, 0.2) is 0 Å². The van der Waals surface area contributed by atoms with Crippen LogP contribution in [-0.2, 0) is 9.47 Å². The summed E-state index contributed by atoms with van der Waals surface area (Å²) in [5.41, 5.74) is 0.661. The van der Waals surface area contributed by atoms with Crippen LogP contribution >= 0.6 is 15.9 Å². The third-order valence-corrected chi connectivity index (χ3v) is 3.30. The topological polar surface area (TPSA) is 38.8 Å². The second kappa shape index (κ2) is 8.30. The number of rotatable bonds is 7. The number of nitrogens with zero attached hydrogens (tertiary/aromatic N) is 1. The van der Waals surface area contributed by atoms with Gasteiger partial charge in [-0.1, -0.05) is 22.0 Å². The molecule has 1 atom stereocenters. The van der Waals surface area contributed by atoms with Gasteiger partial charge in [-0.05, 0) is 25.1 Å². The first kappa shape index (κ1) is 16.1. The maximum atomic E-state index is 12.5. The van der Waals surface area contributed by atoms with E-state index in [1.165, 1.54) is 0 Å². The summed E-state index contributed by atoms with van der Waals surface area (Å²) in [4.78, 5) is 14.3. The summed E-state index contributed by atoms with van der Waals surface area (Å²) in [5.74, 6) is -0.0112. The Hall–Kier alpha value is -0.910. The highest BCUT2D eigenvalue weighted by Crippen LogP contribution is 2.15. The van der Waals surface area contributed by atoms with Gasteiger partial charge >= 0.3 is 0 Å². The second-order valence-electron chi connectivity index (χ2n) is 4.31. The predicted octanol–water partition coefficient (Wildman–Crippen LogP) is 2.57. The van der Waals surface area contributed by atoms with Crippen molar-refractivity contribution >= 4 is 21.8 Å². The van der Waals surface area contributed by atoms with Crippen molar-refractivity contribution in [2.75, 3.05) is 34.0 Å². The molecule has 19 heavy (non-hydrogen) atoms. The molecule has 1 aromatic carbocycles. The van der Waals surface area contributed by atoms with Gasteiger partial charge in [0.25, 0.3) is 5.91 Å². The van der Waals surface area contributed by atoms with Crippen LogP contribution in [0.25, 0.3) is 0 Å². The molecular formula is C14H20BrNO3. The highest BCUT2D eigenvalue weighted by molar-refractivity contribution is 9.10. The number of benzene rings is 1. The first-order chi connectivity index (χ1) is 9.10. The van der Waals surface area contributed by atoms with Crippen molar-refractivity contribution in [1.82, 2.24) is 4.90 Å². The highest BCUT2D eigenvalue weighted by atomic mass is 79.9. The van der Waals surface area contributed by atoms with Crippen LogP contribution in [0, 0.1) is 0 Å². The molecule has 1 aromatic rings. The lowest BCUT2D eigenvalue weighted by Gasteiger charge is -2.28. The first-order valence-corrected chi connectivity index (χ1v) is 6.93. The highest BCUT2D eigenvalue weighted by Gasteiger charge is 2.21. The number of hydrogen-bond acceptors (Lipinski definition) is 3. The van der Waals surface area contributed by atoms with Gasteiger partial charge in [0.2, 0.25) is 0 Å². The fourth-order valence-corrected chi connectivity index (χ4v) is 2.23. The SMILES string of the molecule is COCCN(C(=O)c1cccc(Br)c1)C(C)COC. The van der Waals surface area contributed by atoms with Gasteiger partial charge in [-0.2, -0.15) is 0 Å². The van der Waals surface area contributed by atoms with E-state index in [2.05, 4.69) is 15.9 Å². The van der Waals surface area contributed by atoms with Crippen LogP contribution < -0.4 is 0 Å². The third-order valence-electron chi connectivity index (χ3n) is 2.81. The first-order valence-electron chi connectivity index (χ1n) is 6.14. The number of hydrogen-bond donors (Lipinski definition) is 0. The smallest absolute Gasteiger partial charge is 0.254 e. The summed E-state index contributed by atoms with van der Waals surface area (Å²) in [5, 5.41) is 0. The number of carbonyl (C=O) groups excluding carboxylic acids is 1. The fourth-order valence-electron chi connectivity index (χ4n) is 1.83. The molecule has 0 heterocycles. The Labute approximate surface area is 122 Å². The van der Waals surface area contributed by atoms with Gasteiger partial charge in [0, 0.05) is 30.8 Å². The Morgan fingerprint density at radius 2 is 2.11 bits per heavy atom. The van der Waals surface area contributed by atoms with Gasteiger partial charge in [0.1, 0.15) is 0 Å². The number of ether oxygens (including phenoxy) is 2. The number of carbonyl (C=O) groups is 1. The molecule has 4 nitrogen and oxygen atoms in total. The van der Waals surface area contributed by atoms with E-state index < -0.39 is 0 Å². The number of halogens is 1. The molecule has 0 aromatic heterocycles. The third kappa shape index (κ3) is 4.93. The monoisotopic (exact) mass is 329 g/mol. The summed E-state index contributed by atoms with van der Waals surface area (Å²) in [6.45, 7) is 3.53. The molecule has 106 valence electrons. The zero-order chi connectivity index (χ0) is 14.3. The molecule has 5 heteroatoms. The molecule has 0 fully saturated rings. The van der Waals surface area contributed by atoms with Crippen molar-refractivity contribution in [3.8, 4) is 0 Å². The molecule has 0 radical (unpaired) electrons. The maximum absolute atomic E-state index is 12.5. The standard InChI is InChI=1S/C14H20BrNO3/c1-11(10-19-3)16(7-8-18-2)14(17)12-5-4-6-13(15)9-12/h4-6,9,11H,7-8,10H2,1-3H3. The molecular weight excluding hydrogens is 310 g/mol. The lowest BCUT2D eigenvalue weighted by atomic mass is 10.1. The second-order valence-corrected chi connectivity index (χ2v) is 5.22. The van der Waals surface area contributed by atoms with Gasteiger partial charge in [-0.25, -0.2) is 0 Å². The average Bonchev–Trinajstić information content (AvgIpc) is 2.39. The zero-order valence-electron chi connectivity index (χ0n) is 11.6. The van der Waals surface area contributed by atoms with Crippen molar-refractivity contribution in [3.05, 3.63) is 34.3 Å². The number of methoxy groups -OCH3 is 2. The molecule has 0 aliphatic rings. The summed E-state index contributed by atoms with van der Waals surface area (Å²) in [7, 11) is 3.26. The van der Waals surface area contributed by atoms with Gasteiger partial charge in [-0.15, -0.1) is 0 Å². The molecule has 1 rings (SSSR count). The Kier molecular flexibility index (Phi) is 7.05. The minimum atomic E-state index is -0.0112. The molecule has 0 bridgehead atoms. The lowest BCUT2D eigenvalue weighted by molar-refractivity contribution is 0.0479. The molecule has 0 N–H and O–H groups in total. The van der Waals surface area contributed by atoms with Crippen LogP contribution in [0.2, 0.25) is 0 Å². The quantitative estimate of drug-likeness (QED) is 0.771. The van der Waals surface area contributed by atoms with E-state index in [-0.39, 0.29) is 11.9 Å². The van der Waals surface area contributed by atoms with E-state index in [1.807, 2.05) is 31.2 Å². The predicted molar refractivity (Wildman–Crippen MR) is 78.4 cm³/mol. The summed E-state index contributed by atoms with van der Waals surface area (Å²) < 4.78 is 11.1. The molecule has 0 saturated heterocycles. The van der Waals surface area contributed by atoms with Crippen molar-refractivity contribution in [1.29, 1.82) is 0 Å².